The average Bonchev–Trinajstić information content (AvgIpc) is 2.33. The molecular formula is C9H15NOS. The second-order valence-electron chi connectivity index (χ2n) is 3.12. The molecule has 3 heteroatoms. The molecule has 0 saturated carbocycles. The van der Waals surface area contributed by atoms with Crippen LogP contribution in [0.15, 0.2) is 12.7 Å². The van der Waals surface area contributed by atoms with Gasteiger partial charge in [-0.15, -0.1) is 6.58 Å². The second kappa shape index (κ2) is 4.67. The number of hydrogen-bond acceptors (Lipinski definition) is 3. The van der Waals surface area contributed by atoms with Crippen LogP contribution < -0.4 is 0 Å². The van der Waals surface area contributed by atoms with E-state index in [1.807, 2.05) is 6.08 Å². The molecule has 1 heterocycles. The molecular weight excluding hydrogens is 170 g/mol. The van der Waals surface area contributed by atoms with Crippen LogP contribution in [0.3, 0.4) is 0 Å². The number of carbonyl (C=O) groups excluding carboxylic acids is 1. The Morgan fingerprint density at radius 1 is 1.75 bits per heavy atom. The van der Waals surface area contributed by atoms with Gasteiger partial charge < -0.3 is 0 Å². The summed E-state index contributed by atoms with van der Waals surface area (Å²) >= 11 is 4.16. The van der Waals surface area contributed by atoms with Crippen LogP contribution in [-0.2, 0) is 4.79 Å². The molecule has 1 aliphatic rings. The van der Waals surface area contributed by atoms with Crippen LogP contribution in [0.1, 0.15) is 12.8 Å². The molecule has 12 heavy (non-hydrogen) atoms. The molecule has 0 aromatic carbocycles. The van der Waals surface area contributed by atoms with E-state index in [1.165, 1.54) is 0 Å². The summed E-state index contributed by atoms with van der Waals surface area (Å²) in [5.74, 6) is 1.17. The van der Waals surface area contributed by atoms with E-state index >= 15 is 0 Å². The molecule has 2 nitrogen and oxygen atoms in total. The molecule has 0 aromatic rings. The molecule has 0 aromatic heterocycles. The molecule has 1 saturated heterocycles. The standard InChI is InChI=1S/C9H15NOS/c1-2-3-8-6-9(11)7-10(8)4-5-12/h2,8,12H,1,3-7H2. The quantitative estimate of drug-likeness (QED) is 0.523. The molecule has 0 radical (unpaired) electrons. The van der Waals surface area contributed by atoms with Crippen molar-refractivity contribution in [3.05, 3.63) is 12.7 Å². The van der Waals surface area contributed by atoms with Crippen molar-refractivity contribution in [1.82, 2.24) is 4.90 Å². The van der Waals surface area contributed by atoms with E-state index in [9.17, 15) is 4.79 Å². The van der Waals surface area contributed by atoms with Crippen LogP contribution in [0.2, 0.25) is 0 Å². The fourth-order valence-electron chi connectivity index (χ4n) is 1.63. The minimum absolute atomic E-state index is 0.351. The number of hydrogen-bond donors (Lipinski definition) is 1. The fourth-order valence-corrected chi connectivity index (χ4v) is 1.88. The molecule has 0 amide bonds. The van der Waals surface area contributed by atoms with Gasteiger partial charge in [0, 0.05) is 24.8 Å². The van der Waals surface area contributed by atoms with Crippen molar-refractivity contribution in [2.45, 2.75) is 18.9 Å². The van der Waals surface area contributed by atoms with Crippen LogP contribution in [0.25, 0.3) is 0 Å². The Morgan fingerprint density at radius 2 is 2.50 bits per heavy atom. The lowest BCUT2D eigenvalue weighted by Crippen LogP contribution is -2.30. The number of likely N-dealkylation sites (tertiary alicyclic amines) is 1. The van der Waals surface area contributed by atoms with E-state index in [4.69, 9.17) is 0 Å². The van der Waals surface area contributed by atoms with Gasteiger partial charge in [0.2, 0.25) is 0 Å². The van der Waals surface area contributed by atoms with Crippen LogP contribution >= 0.6 is 12.6 Å². The summed E-state index contributed by atoms with van der Waals surface area (Å²) in [6, 6.07) is 0.391. The van der Waals surface area contributed by atoms with Crippen molar-refractivity contribution < 1.29 is 4.79 Å². The highest BCUT2D eigenvalue weighted by molar-refractivity contribution is 7.80. The maximum Gasteiger partial charge on any atom is 0.148 e. The number of carbonyl (C=O) groups is 1. The van der Waals surface area contributed by atoms with Gasteiger partial charge in [-0.05, 0) is 6.42 Å². The third-order valence-corrected chi connectivity index (χ3v) is 2.39. The van der Waals surface area contributed by atoms with Gasteiger partial charge in [0.1, 0.15) is 5.78 Å². The highest BCUT2D eigenvalue weighted by Gasteiger charge is 2.28. The summed E-state index contributed by atoms with van der Waals surface area (Å²) in [6.45, 7) is 5.21. The topological polar surface area (TPSA) is 20.3 Å². The lowest BCUT2D eigenvalue weighted by Gasteiger charge is -2.20. The average molecular weight is 185 g/mol. The molecule has 1 aliphatic heterocycles. The lowest BCUT2D eigenvalue weighted by molar-refractivity contribution is -0.116. The van der Waals surface area contributed by atoms with E-state index in [0.717, 1.165) is 18.7 Å². The summed E-state index contributed by atoms with van der Waals surface area (Å²) in [7, 11) is 0. The van der Waals surface area contributed by atoms with Gasteiger partial charge in [-0.1, -0.05) is 6.08 Å². The molecule has 1 unspecified atom stereocenters. The number of thiol groups is 1. The molecule has 0 spiro atoms. The van der Waals surface area contributed by atoms with Crippen molar-refractivity contribution in [1.29, 1.82) is 0 Å². The Labute approximate surface area is 79.0 Å². The zero-order chi connectivity index (χ0) is 8.97. The van der Waals surface area contributed by atoms with E-state index in [-0.39, 0.29) is 0 Å². The third-order valence-electron chi connectivity index (χ3n) is 2.19. The van der Waals surface area contributed by atoms with E-state index in [0.29, 0.717) is 24.8 Å². The fraction of sp³-hybridized carbons (Fsp3) is 0.667. The molecule has 1 rings (SSSR count). The van der Waals surface area contributed by atoms with Gasteiger partial charge >= 0.3 is 0 Å². The highest BCUT2D eigenvalue weighted by Crippen LogP contribution is 2.17. The smallest absolute Gasteiger partial charge is 0.148 e. The summed E-state index contributed by atoms with van der Waals surface area (Å²) in [5, 5.41) is 0. The van der Waals surface area contributed by atoms with Crippen LogP contribution in [0.5, 0.6) is 0 Å². The monoisotopic (exact) mass is 185 g/mol. The number of rotatable bonds is 4. The Balaban J connectivity index is 2.46. The first-order chi connectivity index (χ1) is 5.77. The van der Waals surface area contributed by atoms with Gasteiger partial charge in [-0.3, -0.25) is 9.69 Å². The molecule has 0 bridgehead atoms. The summed E-state index contributed by atoms with van der Waals surface area (Å²) in [5.41, 5.74) is 0. The summed E-state index contributed by atoms with van der Waals surface area (Å²) < 4.78 is 0. The normalized spacial score (nSPS) is 24.8. The molecule has 1 fully saturated rings. The lowest BCUT2D eigenvalue weighted by atomic mass is 10.1. The molecule has 0 N–H and O–H groups in total. The predicted molar refractivity (Wildman–Crippen MR) is 53.7 cm³/mol. The third kappa shape index (κ3) is 2.35. The Kier molecular flexibility index (Phi) is 3.82. The first-order valence-corrected chi connectivity index (χ1v) is 4.88. The maximum atomic E-state index is 11.1. The Morgan fingerprint density at radius 3 is 3.08 bits per heavy atom. The summed E-state index contributed by atoms with van der Waals surface area (Å²) in [6.07, 6.45) is 3.49. The van der Waals surface area contributed by atoms with Gasteiger partial charge in [0.05, 0.1) is 6.54 Å². The van der Waals surface area contributed by atoms with Crippen molar-refractivity contribution in [3.8, 4) is 0 Å². The predicted octanol–water partition coefficient (Wildman–Crippen LogP) is 1.14. The molecule has 1 atom stereocenters. The van der Waals surface area contributed by atoms with Gasteiger partial charge in [-0.2, -0.15) is 12.6 Å². The largest absolute Gasteiger partial charge is 0.298 e. The summed E-state index contributed by atoms with van der Waals surface area (Å²) in [4.78, 5) is 13.3. The van der Waals surface area contributed by atoms with Crippen LogP contribution in [0, 0.1) is 0 Å². The Hall–Kier alpha value is -0.280. The zero-order valence-corrected chi connectivity index (χ0v) is 8.09. The van der Waals surface area contributed by atoms with Crippen molar-refractivity contribution in [3.63, 3.8) is 0 Å². The van der Waals surface area contributed by atoms with Gasteiger partial charge in [0.25, 0.3) is 0 Å². The van der Waals surface area contributed by atoms with Crippen molar-refractivity contribution in [2.75, 3.05) is 18.8 Å². The van der Waals surface area contributed by atoms with Gasteiger partial charge in [-0.25, -0.2) is 0 Å². The minimum atomic E-state index is 0.351. The highest BCUT2D eigenvalue weighted by atomic mass is 32.1. The van der Waals surface area contributed by atoms with E-state index < -0.39 is 0 Å². The number of ketones is 1. The minimum Gasteiger partial charge on any atom is -0.298 e. The van der Waals surface area contributed by atoms with Gasteiger partial charge in [0.15, 0.2) is 0 Å². The van der Waals surface area contributed by atoms with Crippen LogP contribution in [0.4, 0.5) is 0 Å². The maximum absolute atomic E-state index is 11.1. The van der Waals surface area contributed by atoms with E-state index in [2.05, 4.69) is 24.1 Å². The first-order valence-electron chi connectivity index (χ1n) is 4.25. The number of nitrogens with zero attached hydrogens (tertiary/aromatic N) is 1. The first kappa shape index (κ1) is 9.81. The van der Waals surface area contributed by atoms with E-state index in [1.54, 1.807) is 0 Å². The SMILES string of the molecule is C=CCC1CC(=O)CN1CCS. The second-order valence-corrected chi connectivity index (χ2v) is 3.56. The van der Waals surface area contributed by atoms with Crippen molar-refractivity contribution in [2.24, 2.45) is 0 Å². The Bertz CT molecular complexity index is 181. The van der Waals surface area contributed by atoms with Crippen LogP contribution in [-0.4, -0.2) is 35.6 Å². The van der Waals surface area contributed by atoms with Crippen molar-refractivity contribution >= 4 is 18.4 Å². The molecule has 68 valence electrons. The number of Topliss-reactive ketones (excluding diaryl/α,β-unsaturated/α-hetero) is 1. The molecule has 0 aliphatic carbocycles. The zero-order valence-electron chi connectivity index (χ0n) is 7.20.